The van der Waals surface area contributed by atoms with Gasteiger partial charge in [-0.3, -0.25) is 4.79 Å². The molecule has 126 valence electrons. The molecule has 0 radical (unpaired) electrons. The molecule has 2 N–H and O–H groups in total. The van der Waals surface area contributed by atoms with E-state index in [0.717, 1.165) is 22.5 Å². The Balaban J connectivity index is 1.76. The SMILES string of the molecule is Cc1cc(C)cc(NC(=O)c2ccnc(Nc3ccc(Cl)cc3)n2)c1. The Bertz CT molecular complexity index is 889. The fourth-order valence-electron chi connectivity index (χ4n) is 2.45. The van der Waals surface area contributed by atoms with E-state index in [9.17, 15) is 4.79 Å². The Hall–Kier alpha value is -2.92. The highest BCUT2D eigenvalue weighted by Gasteiger charge is 2.10. The molecule has 6 heteroatoms. The monoisotopic (exact) mass is 352 g/mol. The molecule has 0 aliphatic carbocycles. The van der Waals surface area contributed by atoms with E-state index in [1.165, 1.54) is 0 Å². The maximum Gasteiger partial charge on any atom is 0.274 e. The summed E-state index contributed by atoms with van der Waals surface area (Å²) in [6.07, 6.45) is 1.54. The summed E-state index contributed by atoms with van der Waals surface area (Å²) in [5, 5.41) is 6.56. The summed E-state index contributed by atoms with van der Waals surface area (Å²) in [5.74, 6) is 0.0574. The topological polar surface area (TPSA) is 66.9 Å². The lowest BCUT2D eigenvalue weighted by Gasteiger charge is -2.09. The minimum Gasteiger partial charge on any atom is -0.324 e. The van der Waals surface area contributed by atoms with Crippen LogP contribution in [0.15, 0.2) is 54.7 Å². The number of hydrogen-bond donors (Lipinski definition) is 2. The molecule has 0 spiro atoms. The van der Waals surface area contributed by atoms with Gasteiger partial charge in [0.2, 0.25) is 5.95 Å². The van der Waals surface area contributed by atoms with Crippen LogP contribution in [0.1, 0.15) is 21.6 Å². The molecule has 3 rings (SSSR count). The first-order valence-electron chi connectivity index (χ1n) is 7.75. The van der Waals surface area contributed by atoms with Crippen LogP contribution >= 0.6 is 11.6 Å². The van der Waals surface area contributed by atoms with Crippen LogP contribution in [0, 0.1) is 13.8 Å². The molecule has 0 saturated heterocycles. The number of aryl methyl sites for hydroxylation is 2. The van der Waals surface area contributed by atoms with Gasteiger partial charge in [0, 0.05) is 22.6 Å². The van der Waals surface area contributed by atoms with Gasteiger partial charge in [0.05, 0.1) is 0 Å². The first-order chi connectivity index (χ1) is 12.0. The number of carbonyl (C=O) groups excluding carboxylic acids is 1. The first kappa shape index (κ1) is 16.9. The summed E-state index contributed by atoms with van der Waals surface area (Å²) in [7, 11) is 0. The molecular formula is C19H17ClN4O. The summed E-state index contributed by atoms with van der Waals surface area (Å²) in [4.78, 5) is 20.8. The minimum atomic E-state index is -0.286. The second kappa shape index (κ2) is 7.32. The summed E-state index contributed by atoms with van der Waals surface area (Å²) in [5.41, 5.74) is 3.99. The van der Waals surface area contributed by atoms with Crippen molar-refractivity contribution in [2.24, 2.45) is 0 Å². The zero-order chi connectivity index (χ0) is 17.8. The van der Waals surface area contributed by atoms with Gasteiger partial charge in [-0.2, -0.15) is 0 Å². The number of carbonyl (C=O) groups is 1. The molecule has 0 aliphatic rings. The number of aromatic nitrogens is 2. The van der Waals surface area contributed by atoms with Crippen LogP contribution in [-0.4, -0.2) is 15.9 Å². The van der Waals surface area contributed by atoms with E-state index >= 15 is 0 Å². The largest absolute Gasteiger partial charge is 0.324 e. The molecule has 0 bridgehead atoms. The summed E-state index contributed by atoms with van der Waals surface area (Å²) in [6, 6.07) is 14.6. The number of nitrogens with zero attached hydrogens (tertiary/aromatic N) is 2. The van der Waals surface area contributed by atoms with E-state index in [2.05, 4.69) is 26.7 Å². The standard InChI is InChI=1S/C19H17ClN4O/c1-12-9-13(2)11-16(10-12)22-18(25)17-7-8-21-19(24-17)23-15-5-3-14(20)4-6-15/h3-11H,1-2H3,(H,22,25)(H,21,23,24). The van der Waals surface area contributed by atoms with Gasteiger partial charge < -0.3 is 10.6 Å². The second-order valence-electron chi connectivity index (χ2n) is 5.73. The number of halogens is 1. The molecule has 25 heavy (non-hydrogen) atoms. The normalized spacial score (nSPS) is 10.4. The van der Waals surface area contributed by atoms with Crippen LogP contribution in [0.3, 0.4) is 0 Å². The number of nitrogens with one attached hydrogen (secondary N) is 2. The van der Waals surface area contributed by atoms with E-state index in [0.29, 0.717) is 11.0 Å². The predicted octanol–water partition coefficient (Wildman–Crippen LogP) is 4.74. The van der Waals surface area contributed by atoms with Gasteiger partial charge in [-0.25, -0.2) is 9.97 Å². The molecule has 1 amide bonds. The molecule has 2 aromatic carbocycles. The fourth-order valence-corrected chi connectivity index (χ4v) is 2.58. The third-order valence-electron chi connectivity index (χ3n) is 3.47. The molecule has 0 atom stereocenters. The minimum absolute atomic E-state index is 0.283. The van der Waals surface area contributed by atoms with Crippen molar-refractivity contribution >= 4 is 34.8 Å². The van der Waals surface area contributed by atoms with Crippen LogP contribution in [-0.2, 0) is 0 Å². The van der Waals surface area contributed by atoms with Gasteiger partial charge in [-0.15, -0.1) is 0 Å². The summed E-state index contributed by atoms with van der Waals surface area (Å²) in [6.45, 7) is 3.98. The van der Waals surface area contributed by atoms with Crippen molar-refractivity contribution in [3.05, 3.63) is 76.6 Å². The lowest BCUT2D eigenvalue weighted by Crippen LogP contribution is -2.15. The van der Waals surface area contributed by atoms with Gasteiger partial charge in [0.15, 0.2) is 0 Å². The first-order valence-corrected chi connectivity index (χ1v) is 8.13. The van der Waals surface area contributed by atoms with Crippen molar-refractivity contribution in [2.75, 3.05) is 10.6 Å². The van der Waals surface area contributed by atoms with Gasteiger partial charge >= 0.3 is 0 Å². The highest BCUT2D eigenvalue weighted by atomic mass is 35.5. The Morgan fingerprint density at radius 1 is 0.960 bits per heavy atom. The molecule has 0 saturated carbocycles. The van der Waals surface area contributed by atoms with Crippen molar-refractivity contribution < 1.29 is 4.79 Å². The third kappa shape index (κ3) is 4.55. The van der Waals surface area contributed by atoms with Crippen molar-refractivity contribution in [3.63, 3.8) is 0 Å². The number of amides is 1. The second-order valence-corrected chi connectivity index (χ2v) is 6.16. The lowest BCUT2D eigenvalue weighted by atomic mass is 10.1. The van der Waals surface area contributed by atoms with Crippen molar-refractivity contribution in [2.45, 2.75) is 13.8 Å². The molecule has 0 aliphatic heterocycles. The molecule has 3 aromatic rings. The molecule has 0 unspecified atom stereocenters. The fraction of sp³-hybridized carbons (Fsp3) is 0.105. The Morgan fingerprint density at radius 3 is 2.32 bits per heavy atom. The lowest BCUT2D eigenvalue weighted by molar-refractivity contribution is 0.102. The average molecular weight is 353 g/mol. The molecule has 1 aromatic heterocycles. The van der Waals surface area contributed by atoms with Gasteiger partial charge in [0.25, 0.3) is 5.91 Å². The Morgan fingerprint density at radius 2 is 1.64 bits per heavy atom. The van der Waals surface area contributed by atoms with E-state index < -0.39 is 0 Å². The molecular weight excluding hydrogens is 336 g/mol. The summed E-state index contributed by atoms with van der Waals surface area (Å²) < 4.78 is 0. The van der Waals surface area contributed by atoms with Gasteiger partial charge in [-0.1, -0.05) is 17.7 Å². The summed E-state index contributed by atoms with van der Waals surface area (Å²) >= 11 is 5.87. The number of anilines is 3. The number of rotatable bonds is 4. The maximum atomic E-state index is 12.4. The van der Waals surface area contributed by atoms with Crippen LogP contribution in [0.5, 0.6) is 0 Å². The van der Waals surface area contributed by atoms with Crippen LogP contribution in [0.2, 0.25) is 5.02 Å². The predicted molar refractivity (Wildman–Crippen MR) is 101 cm³/mol. The maximum absolute atomic E-state index is 12.4. The van der Waals surface area contributed by atoms with Crippen molar-refractivity contribution in [1.82, 2.24) is 9.97 Å². The average Bonchev–Trinajstić information content (AvgIpc) is 2.56. The van der Waals surface area contributed by atoms with Crippen LogP contribution in [0.25, 0.3) is 0 Å². The highest BCUT2D eigenvalue weighted by molar-refractivity contribution is 6.30. The molecule has 1 heterocycles. The zero-order valence-corrected chi connectivity index (χ0v) is 14.6. The van der Waals surface area contributed by atoms with Crippen molar-refractivity contribution in [3.8, 4) is 0 Å². The third-order valence-corrected chi connectivity index (χ3v) is 3.72. The Kier molecular flexibility index (Phi) is 4.95. The van der Waals surface area contributed by atoms with E-state index in [-0.39, 0.29) is 11.6 Å². The molecule has 0 fully saturated rings. The van der Waals surface area contributed by atoms with E-state index in [1.807, 2.05) is 38.1 Å². The van der Waals surface area contributed by atoms with Crippen LogP contribution in [0.4, 0.5) is 17.3 Å². The number of benzene rings is 2. The van der Waals surface area contributed by atoms with Crippen LogP contribution < -0.4 is 10.6 Å². The zero-order valence-electron chi connectivity index (χ0n) is 13.9. The number of hydrogen-bond acceptors (Lipinski definition) is 4. The van der Waals surface area contributed by atoms with E-state index in [4.69, 9.17) is 11.6 Å². The van der Waals surface area contributed by atoms with Gasteiger partial charge in [-0.05, 0) is 67.4 Å². The Labute approximate surface area is 151 Å². The smallest absolute Gasteiger partial charge is 0.274 e. The highest BCUT2D eigenvalue weighted by Crippen LogP contribution is 2.17. The van der Waals surface area contributed by atoms with Crippen molar-refractivity contribution in [1.29, 1.82) is 0 Å². The quantitative estimate of drug-likeness (QED) is 0.711. The van der Waals surface area contributed by atoms with Gasteiger partial charge in [0.1, 0.15) is 5.69 Å². The van der Waals surface area contributed by atoms with E-state index in [1.54, 1.807) is 24.4 Å². The molecule has 5 nitrogen and oxygen atoms in total.